The largest absolute Gasteiger partial charge is 0.452 e. The van der Waals surface area contributed by atoms with Crippen LogP contribution in [0.2, 0.25) is 5.02 Å². The molecule has 0 N–H and O–H groups in total. The normalized spacial score (nSPS) is 18.9. The van der Waals surface area contributed by atoms with E-state index in [1.165, 1.54) is 6.92 Å². The number of carbonyl (C=O) groups excluding carboxylic acids is 1. The van der Waals surface area contributed by atoms with Crippen molar-refractivity contribution in [3.05, 3.63) is 34.9 Å². The van der Waals surface area contributed by atoms with Gasteiger partial charge in [-0.25, -0.2) is 0 Å². The molecular weight excluding hydrogens is 230 g/mol. The molecule has 1 aromatic carbocycles. The molecule has 1 aromatic rings. The Morgan fingerprint density at radius 3 is 2.81 bits per heavy atom. The predicted molar refractivity (Wildman–Crippen MR) is 59.5 cm³/mol. The number of hydrogen-bond acceptors (Lipinski definition) is 4. The molecule has 1 aliphatic heterocycles. The van der Waals surface area contributed by atoms with E-state index in [2.05, 4.69) is 5.16 Å². The third kappa shape index (κ3) is 2.33. The smallest absolute Gasteiger partial charge is 0.303 e. The molecule has 0 fully saturated rings. The lowest BCUT2D eigenvalue weighted by atomic mass is 10.1. The number of esters is 1. The topological polar surface area (TPSA) is 47.9 Å². The van der Waals surface area contributed by atoms with Gasteiger partial charge in [0.15, 0.2) is 12.7 Å². The van der Waals surface area contributed by atoms with Crippen molar-refractivity contribution in [1.82, 2.24) is 0 Å². The maximum absolute atomic E-state index is 10.9. The fourth-order valence-electron chi connectivity index (χ4n) is 1.46. The van der Waals surface area contributed by atoms with E-state index >= 15 is 0 Å². The Bertz CT molecular complexity index is 427. The van der Waals surface area contributed by atoms with E-state index in [0.717, 1.165) is 5.56 Å². The molecular formula is C11H10ClNO3. The molecule has 84 valence electrons. The minimum absolute atomic E-state index is 0.261. The average molecular weight is 240 g/mol. The van der Waals surface area contributed by atoms with E-state index in [-0.39, 0.29) is 12.6 Å². The number of nitrogens with zero attached hydrogens (tertiary/aromatic N) is 1. The van der Waals surface area contributed by atoms with Gasteiger partial charge in [0.05, 0.1) is 0 Å². The average Bonchev–Trinajstić information content (AvgIpc) is 2.66. The summed E-state index contributed by atoms with van der Waals surface area (Å²) in [5.74, 6) is -0.350. The summed E-state index contributed by atoms with van der Waals surface area (Å²) in [7, 11) is 0. The predicted octanol–water partition coefficient (Wildman–Crippen LogP) is 2.01. The Labute approximate surface area is 97.8 Å². The highest BCUT2D eigenvalue weighted by Crippen LogP contribution is 2.17. The molecule has 1 aliphatic rings. The van der Waals surface area contributed by atoms with Crippen molar-refractivity contribution in [2.24, 2.45) is 5.16 Å². The van der Waals surface area contributed by atoms with E-state index < -0.39 is 6.10 Å². The van der Waals surface area contributed by atoms with Crippen molar-refractivity contribution >= 4 is 23.3 Å². The Kier molecular flexibility index (Phi) is 3.10. The summed E-state index contributed by atoms with van der Waals surface area (Å²) in [6.07, 6.45) is -0.432. The zero-order valence-corrected chi connectivity index (χ0v) is 9.40. The zero-order valence-electron chi connectivity index (χ0n) is 8.64. The van der Waals surface area contributed by atoms with Gasteiger partial charge in [0.1, 0.15) is 5.71 Å². The summed E-state index contributed by atoms with van der Waals surface area (Å²) in [6.45, 7) is 1.62. The molecule has 0 spiro atoms. The summed E-state index contributed by atoms with van der Waals surface area (Å²) in [5.41, 5.74) is 1.46. The molecule has 2 rings (SSSR count). The molecule has 0 bridgehead atoms. The highest BCUT2D eigenvalue weighted by molar-refractivity contribution is 6.30. The first-order valence-electron chi connectivity index (χ1n) is 4.80. The number of halogens is 1. The van der Waals surface area contributed by atoms with Crippen molar-refractivity contribution in [3.63, 3.8) is 0 Å². The third-order valence-corrected chi connectivity index (χ3v) is 2.39. The van der Waals surface area contributed by atoms with Crippen LogP contribution in [0.5, 0.6) is 0 Å². The van der Waals surface area contributed by atoms with E-state index in [4.69, 9.17) is 21.2 Å². The van der Waals surface area contributed by atoms with Crippen LogP contribution in [0.1, 0.15) is 12.5 Å². The van der Waals surface area contributed by atoms with Crippen LogP contribution >= 0.6 is 11.6 Å². The van der Waals surface area contributed by atoms with E-state index in [1.807, 2.05) is 12.1 Å². The number of oxime groups is 1. The second kappa shape index (κ2) is 4.53. The quantitative estimate of drug-likeness (QED) is 0.742. The monoisotopic (exact) mass is 239 g/mol. The van der Waals surface area contributed by atoms with Crippen LogP contribution in [0.4, 0.5) is 0 Å². The van der Waals surface area contributed by atoms with Crippen LogP contribution in [0, 0.1) is 0 Å². The molecule has 1 unspecified atom stereocenters. The zero-order chi connectivity index (χ0) is 11.5. The molecule has 0 aliphatic carbocycles. The highest BCUT2D eigenvalue weighted by Gasteiger charge is 2.27. The van der Waals surface area contributed by atoms with Gasteiger partial charge in [0, 0.05) is 17.5 Å². The molecule has 0 saturated carbocycles. The number of benzene rings is 1. The van der Waals surface area contributed by atoms with Crippen molar-refractivity contribution in [3.8, 4) is 0 Å². The molecule has 0 aromatic heterocycles. The van der Waals surface area contributed by atoms with Gasteiger partial charge >= 0.3 is 5.97 Å². The first-order valence-corrected chi connectivity index (χ1v) is 5.17. The minimum Gasteiger partial charge on any atom is -0.452 e. The lowest BCUT2D eigenvalue weighted by Crippen LogP contribution is -2.26. The van der Waals surface area contributed by atoms with Gasteiger partial charge in [-0.15, -0.1) is 0 Å². The van der Waals surface area contributed by atoms with Crippen LogP contribution in [0.25, 0.3) is 0 Å². The first-order chi connectivity index (χ1) is 7.66. The first kappa shape index (κ1) is 11.0. The van der Waals surface area contributed by atoms with Crippen molar-refractivity contribution in [2.75, 3.05) is 6.61 Å². The molecule has 16 heavy (non-hydrogen) atoms. The van der Waals surface area contributed by atoms with Gasteiger partial charge in [-0.2, -0.15) is 0 Å². The Balaban J connectivity index is 2.19. The molecule has 5 heteroatoms. The third-order valence-electron chi connectivity index (χ3n) is 2.14. The standard InChI is InChI=1S/C11H10ClNO3/c1-7(14)16-10-6-15-13-11(10)8-2-4-9(12)5-3-8/h2-5,10H,6H2,1H3. The molecule has 4 nitrogen and oxygen atoms in total. The van der Waals surface area contributed by atoms with Crippen molar-refractivity contribution in [2.45, 2.75) is 13.0 Å². The Morgan fingerprint density at radius 2 is 2.19 bits per heavy atom. The van der Waals surface area contributed by atoms with E-state index in [9.17, 15) is 4.79 Å². The van der Waals surface area contributed by atoms with E-state index in [1.54, 1.807) is 12.1 Å². The number of hydrogen-bond donors (Lipinski definition) is 0. The van der Waals surface area contributed by atoms with Gasteiger partial charge < -0.3 is 9.57 Å². The van der Waals surface area contributed by atoms with Crippen LogP contribution in [-0.4, -0.2) is 24.4 Å². The number of carbonyl (C=O) groups is 1. The van der Waals surface area contributed by atoms with Gasteiger partial charge in [-0.05, 0) is 12.1 Å². The Hall–Kier alpha value is -1.55. The van der Waals surface area contributed by atoms with Crippen molar-refractivity contribution in [1.29, 1.82) is 0 Å². The maximum Gasteiger partial charge on any atom is 0.303 e. The van der Waals surface area contributed by atoms with Crippen LogP contribution < -0.4 is 0 Å². The van der Waals surface area contributed by atoms with E-state index in [0.29, 0.717) is 10.7 Å². The van der Waals surface area contributed by atoms with Gasteiger partial charge in [-0.3, -0.25) is 4.79 Å². The Morgan fingerprint density at radius 1 is 1.50 bits per heavy atom. The second-order valence-electron chi connectivity index (χ2n) is 3.38. The second-order valence-corrected chi connectivity index (χ2v) is 3.81. The SMILES string of the molecule is CC(=O)OC1CON=C1c1ccc(Cl)cc1. The van der Waals surface area contributed by atoms with Crippen LogP contribution in [0.3, 0.4) is 0 Å². The summed E-state index contributed by atoms with van der Waals surface area (Å²) in [4.78, 5) is 15.8. The van der Waals surface area contributed by atoms with Gasteiger partial charge in [0.25, 0.3) is 0 Å². The molecule has 1 atom stereocenters. The molecule has 0 saturated heterocycles. The lowest BCUT2D eigenvalue weighted by molar-refractivity contribution is -0.144. The molecule has 0 amide bonds. The molecule has 0 radical (unpaired) electrons. The van der Waals surface area contributed by atoms with Crippen molar-refractivity contribution < 1.29 is 14.4 Å². The summed E-state index contributed by atoms with van der Waals surface area (Å²) in [6, 6.07) is 7.13. The number of ether oxygens (including phenoxy) is 1. The van der Waals surface area contributed by atoms with Crippen LogP contribution in [-0.2, 0) is 14.4 Å². The van der Waals surface area contributed by atoms with Gasteiger partial charge in [-0.1, -0.05) is 28.9 Å². The number of rotatable bonds is 2. The summed E-state index contributed by atoms with van der Waals surface area (Å²) >= 11 is 5.78. The van der Waals surface area contributed by atoms with Gasteiger partial charge in [0.2, 0.25) is 0 Å². The summed E-state index contributed by atoms with van der Waals surface area (Å²) in [5, 5.41) is 4.51. The minimum atomic E-state index is -0.432. The fraction of sp³-hybridized carbons (Fsp3) is 0.273. The lowest BCUT2D eigenvalue weighted by Gasteiger charge is -2.10. The molecule has 1 heterocycles. The highest BCUT2D eigenvalue weighted by atomic mass is 35.5. The fourth-order valence-corrected chi connectivity index (χ4v) is 1.59. The van der Waals surface area contributed by atoms with Crippen LogP contribution in [0.15, 0.2) is 29.4 Å². The summed E-state index contributed by atoms with van der Waals surface area (Å²) < 4.78 is 5.08. The maximum atomic E-state index is 10.9.